The maximum absolute atomic E-state index is 12.0. The zero-order valence-corrected chi connectivity index (χ0v) is 17.0. The number of hydrogen-bond donors (Lipinski definition) is 1. The molecule has 0 bridgehead atoms. The van der Waals surface area contributed by atoms with E-state index in [4.69, 9.17) is 0 Å². The van der Waals surface area contributed by atoms with Gasteiger partial charge in [0.15, 0.2) is 0 Å². The minimum Gasteiger partial charge on any atom is -0.349 e. The fourth-order valence-corrected chi connectivity index (χ4v) is 4.34. The largest absolute Gasteiger partial charge is 0.349 e. The fourth-order valence-electron chi connectivity index (χ4n) is 2.33. The zero-order chi connectivity index (χ0) is 16.0. The number of carbonyl (C=O) groups is 1. The Morgan fingerprint density at radius 2 is 1.33 bits per heavy atom. The summed E-state index contributed by atoms with van der Waals surface area (Å²) in [5, 5.41) is 4.77. The number of alkyl halides is 2. The average molecular weight is 427 g/mol. The van der Waals surface area contributed by atoms with Gasteiger partial charge in [-0.3, -0.25) is 4.79 Å². The van der Waals surface area contributed by atoms with Gasteiger partial charge in [0.1, 0.15) is 0 Å². The molecule has 21 heavy (non-hydrogen) atoms. The van der Waals surface area contributed by atoms with Gasteiger partial charge in [-0.1, -0.05) is 97.1 Å². The summed E-state index contributed by atoms with van der Waals surface area (Å²) in [6.07, 6.45) is 13.2. The summed E-state index contributed by atoms with van der Waals surface area (Å²) >= 11 is 7.01. The minimum absolute atomic E-state index is 0.129. The molecule has 0 aromatic rings. The van der Waals surface area contributed by atoms with Crippen molar-refractivity contribution in [2.45, 2.75) is 90.0 Å². The van der Waals surface area contributed by atoms with E-state index in [9.17, 15) is 4.79 Å². The number of amides is 1. The molecular weight excluding hydrogens is 394 g/mol. The first-order chi connectivity index (χ1) is 10.1. The van der Waals surface area contributed by atoms with Crippen LogP contribution < -0.4 is 5.32 Å². The van der Waals surface area contributed by atoms with Crippen molar-refractivity contribution in [2.75, 3.05) is 10.7 Å². The van der Waals surface area contributed by atoms with Gasteiger partial charge in [-0.05, 0) is 12.8 Å². The van der Waals surface area contributed by atoms with E-state index in [0.717, 1.165) is 23.5 Å². The van der Waals surface area contributed by atoms with Crippen LogP contribution in [0.15, 0.2) is 0 Å². The molecule has 0 aliphatic rings. The standard InChI is InChI=1S/C17H33Br2NO/c1-3-5-6-7-8-9-10-11-12-13-16(21)20-17(4-2,14-18)15-19/h3-15H2,1-2H3,(H,20,21). The third-order valence-corrected chi connectivity index (χ3v) is 6.25. The lowest BCUT2D eigenvalue weighted by Crippen LogP contribution is -2.51. The molecule has 0 saturated heterocycles. The molecule has 2 nitrogen and oxygen atoms in total. The zero-order valence-electron chi connectivity index (χ0n) is 13.9. The number of halogens is 2. The summed E-state index contributed by atoms with van der Waals surface area (Å²) in [6.45, 7) is 4.37. The molecule has 0 rings (SSSR count). The van der Waals surface area contributed by atoms with Crippen LogP contribution in [-0.4, -0.2) is 22.1 Å². The van der Waals surface area contributed by atoms with Crippen molar-refractivity contribution >= 4 is 37.8 Å². The second-order valence-corrected chi connectivity index (χ2v) is 7.15. The van der Waals surface area contributed by atoms with Gasteiger partial charge in [-0.2, -0.15) is 0 Å². The third-order valence-electron chi connectivity index (χ3n) is 4.10. The first-order valence-electron chi connectivity index (χ1n) is 8.57. The molecule has 0 aliphatic heterocycles. The Morgan fingerprint density at radius 1 is 0.857 bits per heavy atom. The van der Waals surface area contributed by atoms with Crippen LogP contribution in [0.3, 0.4) is 0 Å². The predicted octanol–water partition coefficient (Wildman–Crippen LogP) is 5.96. The number of unbranched alkanes of at least 4 members (excludes halogenated alkanes) is 8. The molecule has 0 aromatic carbocycles. The maximum Gasteiger partial charge on any atom is 0.220 e. The molecule has 126 valence electrons. The molecule has 0 atom stereocenters. The highest BCUT2D eigenvalue weighted by Gasteiger charge is 2.27. The molecule has 1 amide bonds. The summed E-state index contributed by atoms with van der Waals surface area (Å²) in [4.78, 5) is 12.0. The van der Waals surface area contributed by atoms with Gasteiger partial charge < -0.3 is 5.32 Å². The SMILES string of the molecule is CCCCCCCCCCCC(=O)NC(CC)(CBr)CBr. The Balaban J connectivity index is 3.58. The van der Waals surface area contributed by atoms with E-state index in [1.807, 2.05) is 0 Å². The quantitative estimate of drug-likeness (QED) is 0.269. The van der Waals surface area contributed by atoms with E-state index in [-0.39, 0.29) is 11.4 Å². The summed E-state index contributed by atoms with van der Waals surface area (Å²) < 4.78 is 0. The minimum atomic E-state index is -0.129. The normalized spacial score (nSPS) is 11.6. The topological polar surface area (TPSA) is 29.1 Å². The predicted molar refractivity (Wildman–Crippen MR) is 101 cm³/mol. The molecule has 1 N–H and O–H groups in total. The van der Waals surface area contributed by atoms with Crippen LogP contribution in [0.1, 0.15) is 84.5 Å². The van der Waals surface area contributed by atoms with Crippen LogP contribution in [-0.2, 0) is 4.79 Å². The van der Waals surface area contributed by atoms with Gasteiger partial charge >= 0.3 is 0 Å². The number of carbonyl (C=O) groups excluding carboxylic acids is 1. The molecule has 0 saturated carbocycles. The molecule has 0 aromatic heterocycles. The molecule has 0 unspecified atom stereocenters. The van der Waals surface area contributed by atoms with E-state index in [0.29, 0.717) is 6.42 Å². The van der Waals surface area contributed by atoms with Crippen molar-refractivity contribution in [1.29, 1.82) is 0 Å². The number of nitrogens with one attached hydrogen (secondary N) is 1. The molecule has 0 spiro atoms. The molecule has 0 aliphatic carbocycles. The molecule has 4 heteroatoms. The van der Waals surface area contributed by atoms with Crippen LogP contribution in [0.5, 0.6) is 0 Å². The average Bonchev–Trinajstić information content (AvgIpc) is 2.51. The first-order valence-corrected chi connectivity index (χ1v) is 10.8. The highest BCUT2D eigenvalue weighted by Crippen LogP contribution is 2.17. The van der Waals surface area contributed by atoms with Crippen LogP contribution in [0.2, 0.25) is 0 Å². The highest BCUT2D eigenvalue weighted by molar-refractivity contribution is 9.09. The van der Waals surface area contributed by atoms with E-state index in [1.54, 1.807) is 0 Å². The highest BCUT2D eigenvalue weighted by atomic mass is 79.9. The second-order valence-electron chi connectivity index (χ2n) is 6.03. The van der Waals surface area contributed by atoms with Crippen molar-refractivity contribution < 1.29 is 4.79 Å². The van der Waals surface area contributed by atoms with E-state index in [1.165, 1.54) is 51.4 Å². The lowest BCUT2D eigenvalue weighted by Gasteiger charge is -2.30. The third kappa shape index (κ3) is 10.7. The molecular formula is C17H33Br2NO. The monoisotopic (exact) mass is 425 g/mol. The summed E-state index contributed by atoms with van der Waals surface area (Å²) in [5.41, 5.74) is -0.129. The van der Waals surface area contributed by atoms with E-state index < -0.39 is 0 Å². The molecule has 0 radical (unpaired) electrons. The van der Waals surface area contributed by atoms with Crippen molar-refractivity contribution in [3.8, 4) is 0 Å². The van der Waals surface area contributed by atoms with Gasteiger partial charge in [0.25, 0.3) is 0 Å². The fraction of sp³-hybridized carbons (Fsp3) is 0.941. The Kier molecular flexibility index (Phi) is 14.3. The lowest BCUT2D eigenvalue weighted by atomic mass is 10.0. The molecule has 0 heterocycles. The smallest absolute Gasteiger partial charge is 0.220 e. The molecule has 0 fully saturated rings. The Hall–Kier alpha value is 0.430. The van der Waals surface area contributed by atoms with Crippen molar-refractivity contribution in [3.05, 3.63) is 0 Å². The maximum atomic E-state index is 12.0. The van der Waals surface area contributed by atoms with E-state index >= 15 is 0 Å². The first kappa shape index (κ1) is 21.4. The van der Waals surface area contributed by atoms with Crippen LogP contribution in [0, 0.1) is 0 Å². The van der Waals surface area contributed by atoms with Gasteiger partial charge in [0.05, 0.1) is 5.54 Å². The van der Waals surface area contributed by atoms with Crippen LogP contribution >= 0.6 is 31.9 Å². The Labute approximate surface area is 148 Å². The van der Waals surface area contributed by atoms with Gasteiger partial charge in [-0.25, -0.2) is 0 Å². The Bertz CT molecular complexity index is 247. The number of hydrogen-bond acceptors (Lipinski definition) is 1. The lowest BCUT2D eigenvalue weighted by molar-refractivity contribution is -0.122. The van der Waals surface area contributed by atoms with Gasteiger partial charge in [0.2, 0.25) is 5.91 Å². The summed E-state index contributed by atoms with van der Waals surface area (Å²) in [6, 6.07) is 0. The van der Waals surface area contributed by atoms with Crippen LogP contribution in [0.4, 0.5) is 0 Å². The van der Waals surface area contributed by atoms with Crippen molar-refractivity contribution in [1.82, 2.24) is 5.32 Å². The summed E-state index contributed by atoms with van der Waals surface area (Å²) in [5.74, 6) is 0.193. The Morgan fingerprint density at radius 3 is 1.76 bits per heavy atom. The second kappa shape index (κ2) is 14.0. The number of rotatable bonds is 14. The van der Waals surface area contributed by atoms with Gasteiger partial charge in [0, 0.05) is 17.1 Å². The van der Waals surface area contributed by atoms with Crippen LogP contribution in [0.25, 0.3) is 0 Å². The summed E-state index contributed by atoms with van der Waals surface area (Å²) in [7, 11) is 0. The van der Waals surface area contributed by atoms with Gasteiger partial charge in [-0.15, -0.1) is 0 Å². The van der Waals surface area contributed by atoms with Crippen molar-refractivity contribution in [3.63, 3.8) is 0 Å². The van der Waals surface area contributed by atoms with E-state index in [2.05, 4.69) is 51.0 Å². The van der Waals surface area contributed by atoms with Crippen molar-refractivity contribution in [2.24, 2.45) is 0 Å².